The highest BCUT2D eigenvalue weighted by Gasteiger charge is 2.34. The summed E-state index contributed by atoms with van der Waals surface area (Å²) in [6, 6.07) is 7.80. The first-order valence-electron chi connectivity index (χ1n) is 6.75. The summed E-state index contributed by atoms with van der Waals surface area (Å²) in [5.74, 6) is 0.844. The van der Waals surface area contributed by atoms with Gasteiger partial charge in [-0.25, -0.2) is 0 Å². The van der Waals surface area contributed by atoms with Crippen LogP contribution in [-0.2, 0) is 9.47 Å². The maximum atomic E-state index is 6.13. The van der Waals surface area contributed by atoms with Crippen LogP contribution in [0.4, 0.5) is 0 Å². The highest BCUT2D eigenvalue weighted by atomic mass is 79.9. The van der Waals surface area contributed by atoms with Gasteiger partial charge >= 0.3 is 0 Å². The Kier molecular flexibility index (Phi) is 5.43. The number of ether oxygens (including phenoxy) is 3. The molecule has 0 saturated carbocycles. The van der Waals surface area contributed by atoms with Crippen molar-refractivity contribution >= 4 is 15.9 Å². The number of hydrogen-bond acceptors (Lipinski definition) is 4. The van der Waals surface area contributed by atoms with Gasteiger partial charge in [0.2, 0.25) is 0 Å². The molecule has 1 aliphatic heterocycles. The minimum absolute atomic E-state index is 0.0302. The van der Waals surface area contributed by atoms with Crippen LogP contribution in [0.5, 0.6) is 5.75 Å². The second-order valence-corrected chi connectivity index (χ2v) is 6.62. The van der Waals surface area contributed by atoms with E-state index in [4.69, 9.17) is 14.2 Å². The lowest BCUT2D eigenvalue weighted by atomic mass is 10.1. The van der Waals surface area contributed by atoms with Gasteiger partial charge in [-0.15, -0.1) is 0 Å². The van der Waals surface area contributed by atoms with Gasteiger partial charge in [0.25, 0.3) is 0 Å². The minimum atomic E-state index is -0.268. The molecule has 20 heavy (non-hydrogen) atoms. The van der Waals surface area contributed by atoms with Gasteiger partial charge in [-0.1, -0.05) is 15.9 Å². The largest absolute Gasteiger partial charge is 0.491 e. The second kappa shape index (κ2) is 6.89. The van der Waals surface area contributed by atoms with Crippen LogP contribution < -0.4 is 4.74 Å². The van der Waals surface area contributed by atoms with Crippen LogP contribution in [0.3, 0.4) is 0 Å². The molecule has 112 valence electrons. The van der Waals surface area contributed by atoms with E-state index in [1.807, 2.05) is 38.4 Å². The van der Waals surface area contributed by atoms with E-state index in [1.165, 1.54) is 0 Å². The fourth-order valence-electron chi connectivity index (χ4n) is 2.43. The first-order valence-corrected chi connectivity index (χ1v) is 7.55. The molecule has 5 heteroatoms. The second-order valence-electron chi connectivity index (χ2n) is 5.71. The van der Waals surface area contributed by atoms with Gasteiger partial charge in [-0.05, 0) is 45.3 Å². The van der Waals surface area contributed by atoms with E-state index in [0.717, 1.165) is 16.8 Å². The Labute approximate surface area is 129 Å². The standard InChI is InChI=1S/C15H22BrNO3/c1-15(10-17(2)3)11-18-8-14(20-15)9-19-13-6-4-12(16)5-7-13/h4-7,14H,8-11H2,1-3H3/t14-,15-/m0/s1. The van der Waals surface area contributed by atoms with E-state index in [9.17, 15) is 0 Å². The molecular formula is C15H22BrNO3. The lowest BCUT2D eigenvalue weighted by Gasteiger charge is -2.39. The SMILES string of the molecule is CN(C)C[C@@]1(C)COC[C@@H](COc2ccc(Br)cc2)O1. The van der Waals surface area contributed by atoms with Crippen molar-refractivity contribution in [3.63, 3.8) is 0 Å². The molecule has 2 rings (SSSR count). The Morgan fingerprint density at radius 1 is 1.35 bits per heavy atom. The smallest absolute Gasteiger partial charge is 0.119 e. The Bertz CT molecular complexity index is 424. The van der Waals surface area contributed by atoms with Crippen LogP contribution >= 0.6 is 15.9 Å². The molecule has 0 unspecified atom stereocenters. The Morgan fingerprint density at radius 3 is 2.70 bits per heavy atom. The van der Waals surface area contributed by atoms with E-state index in [2.05, 4.69) is 27.8 Å². The lowest BCUT2D eigenvalue weighted by molar-refractivity contribution is -0.201. The van der Waals surface area contributed by atoms with Crippen LogP contribution in [0.1, 0.15) is 6.92 Å². The number of halogens is 1. The molecule has 0 radical (unpaired) electrons. The van der Waals surface area contributed by atoms with Gasteiger partial charge in [0.05, 0.1) is 13.2 Å². The summed E-state index contributed by atoms with van der Waals surface area (Å²) in [6.45, 7) is 4.63. The molecule has 1 fully saturated rings. The number of benzene rings is 1. The fourth-order valence-corrected chi connectivity index (χ4v) is 2.69. The molecule has 1 aromatic rings. The summed E-state index contributed by atoms with van der Waals surface area (Å²) in [5, 5.41) is 0. The average Bonchev–Trinajstić information content (AvgIpc) is 2.37. The first kappa shape index (κ1) is 15.8. The van der Waals surface area contributed by atoms with Crippen LogP contribution in [0, 0.1) is 0 Å². The summed E-state index contributed by atoms with van der Waals surface area (Å²) in [5.41, 5.74) is -0.268. The monoisotopic (exact) mass is 343 g/mol. The normalized spacial score (nSPS) is 26.8. The van der Waals surface area contributed by atoms with Gasteiger partial charge in [0.1, 0.15) is 24.1 Å². The van der Waals surface area contributed by atoms with E-state index in [-0.39, 0.29) is 11.7 Å². The maximum Gasteiger partial charge on any atom is 0.119 e. The fraction of sp³-hybridized carbons (Fsp3) is 0.600. The number of likely N-dealkylation sites (N-methyl/N-ethyl adjacent to an activating group) is 1. The highest BCUT2D eigenvalue weighted by molar-refractivity contribution is 9.10. The summed E-state index contributed by atoms with van der Waals surface area (Å²) < 4.78 is 18.6. The van der Waals surface area contributed by atoms with Crippen molar-refractivity contribution in [2.75, 3.05) is 40.5 Å². The van der Waals surface area contributed by atoms with Gasteiger partial charge in [0, 0.05) is 11.0 Å². The van der Waals surface area contributed by atoms with E-state index in [0.29, 0.717) is 19.8 Å². The Morgan fingerprint density at radius 2 is 2.05 bits per heavy atom. The zero-order chi connectivity index (χ0) is 14.6. The Hall–Kier alpha value is -0.620. The molecule has 0 N–H and O–H groups in total. The van der Waals surface area contributed by atoms with Gasteiger partial charge in [0.15, 0.2) is 0 Å². The van der Waals surface area contributed by atoms with E-state index >= 15 is 0 Å². The molecule has 1 aromatic carbocycles. The molecule has 1 saturated heterocycles. The van der Waals surface area contributed by atoms with Crippen molar-refractivity contribution in [3.05, 3.63) is 28.7 Å². The van der Waals surface area contributed by atoms with E-state index < -0.39 is 0 Å². The zero-order valence-corrected chi connectivity index (χ0v) is 13.9. The molecular weight excluding hydrogens is 322 g/mol. The Balaban J connectivity index is 1.85. The topological polar surface area (TPSA) is 30.9 Å². The number of nitrogens with zero attached hydrogens (tertiary/aromatic N) is 1. The van der Waals surface area contributed by atoms with Crippen LogP contribution in [-0.4, -0.2) is 57.1 Å². The number of rotatable bonds is 5. The van der Waals surface area contributed by atoms with E-state index in [1.54, 1.807) is 0 Å². The number of hydrogen-bond donors (Lipinski definition) is 0. The third kappa shape index (κ3) is 4.74. The predicted molar refractivity (Wildman–Crippen MR) is 82.3 cm³/mol. The summed E-state index contributed by atoms with van der Waals surface area (Å²) in [4.78, 5) is 2.11. The molecule has 0 aliphatic carbocycles. The molecule has 2 atom stereocenters. The predicted octanol–water partition coefficient (Wildman–Crippen LogP) is 2.56. The molecule has 0 spiro atoms. The lowest BCUT2D eigenvalue weighted by Crippen LogP contribution is -2.52. The summed E-state index contributed by atoms with van der Waals surface area (Å²) in [7, 11) is 4.08. The van der Waals surface area contributed by atoms with Gasteiger partial charge < -0.3 is 19.1 Å². The minimum Gasteiger partial charge on any atom is -0.491 e. The third-order valence-electron chi connectivity index (χ3n) is 3.06. The van der Waals surface area contributed by atoms with Crippen molar-refractivity contribution in [2.24, 2.45) is 0 Å². The highest BCUT2D eigenvalue weighted by Crippen LogP contribution is 2.22. The quantitative estimate of drug-likeness (QED) is 0.822. The summed E-state index contributed by atoms with van der Waals surface area (Å²) >= 11 is 3.41. The average molecular weight is 344 g/mol. The molecule has 1 aliphatic rings. The van der Waals surface area contributed by atoms with Gasteiger partial charge in [-0.2, -0.15) is 0 Å². The first-order chi connectivity index (χ1) is 9.47. The van der Waals surface area contributed by atoms with Crippen molar-refractivity contribution in [1.29, 1.82) is 0 Å². The molecule has 4 nitrogen and oxygen atoms in total. The van der Waals surface area contributed by atoms with Crippen molar-refractivity contribution in [3.8, 4) is 5.75 Å². The molecule has 1 heterocycles. The zero-order valence-electron chi connectivity index (χ0n) is 12.3. The van der Waals surface area contributed by atoms with Crippen molar-refractivity contribution in [1.82, 2.24) is 4.90 Å². The maximum absolute atomic E-state index is 6.13. The van der Waals surface area contributed by atoms with Crippen LogP contribution in [0.2, 0.25) is 0 Å². The van der Waals surface area contributed by atoms with Crippen LogP contribution in [0.15, 0.2) is 28.7 Å². The van der Waals surface area contributed by atoms with Gasteiger partial charge in [-0.3, -0.25) is 0 Å². The van der Waals surface area contributed by atoms with Crippen molar-refractivity contribution < 1.29 is 14.2 Å². The van der Waals surface area contributed by atoms with Crippen LogP contribution in [0.25, 0.3) is 0 Å². The van der Waals surface area contributed by atoms with Crippen molar-refractivity contribution in [2.45, 2.75) is 18.6 Å². The molecule has 0 bridgehead atoms. The molecule has 0 amide bonds. The summed E-state index contributed by atoms with van der Waals surface area (Å²) in [6.07, 6.45) is -0.0302. The molecule has 0 aromatic heterocycles. The third-order valence-corrected chi connectivity index (χ3v) is 3.59.